The lowest BCUT2D eigenvalue weighted by atomic mass is 9.79. The van der Waals surface area contributed by atoms with Gasteiger partial charge >= 0.3 is 0 Å². The Hall–Kier alpha value is -3.21. The Kier molecular flexibility index (Phi) is 6.18. The summed E-state index contributed by atoms with van der Waals surface area (Å²) >= 11 is 0. The topological polar surface area (TPSA) is 118 Å². The van der Waals surface area contributed by atoms with Crippen LogP contribution in [0.2, 0.25) is 0 Å². The van der Waals surface area contributed by atoms with Gasteiger partial charge in [-0.3, -0.25) is 28.9 Å². The van der Waals surface area contributed by atoms with Crippen molar-refractivity contribution in [2.24, 2.45) is 17.8 Å². The smallest absolute Gasteiger partial charge is 0.281 e. The van der Waals surface area contributed by atoms with Crippen molar-refractivity contribution in [2.75, 3.05) is 20.1 Å². The molecule has 3 fully saturated rings. The number of aromatic nitrogens is 1. The van der Waals surface area contributed by atoms with Crippen LogP contribution in [0.4, 0.5) is 0 Å². The van der Waals surface area contributed by atoms with E-state index in [0.29, 0.717) is 25.9 Å². The van der Waals surface area contributed by atoms with Gasteiger partial charge in [0.05, 0.1) is 5.92 Å². The fourth-order valence-corrected chi connectivity index (χ4v) is 8.10. The van der Waals surface area contributed by atoms with Gasteiger partial charge in [0.2, 0.25) is 17.5 Å². The Bertz CT molecular complexity index is 1510. The number of benzene rings is 1. The lowest BCUT2D eigenvalue weighted by molar-refractivity contribution is -0.322. The molecule has 7 rings (SSSR count). The Morgan fingerprint density at radius 1 is 1.24 bits per heavy atom. The minimum Gasteiger partial charge on any atom is -0.361 e. The molecule has 3 saturated heterocycles. The lowest BCUT2D eigenvalue weighted by Gasteiger charge is -2.49. The van der Waals surface area contributed by atoms with Gasteiger partial charge in [0, 0.05) is 42.1 Å². The fourth-order valence-electron chi connectivity index (χ4n) is 8.10. The number of piperazine rings is 1. The number of amides is 3. The zero-order valence-corrected chi connectivity index (χ0v) is 25.0. The summed E-state index contributed by atoms with van der Waals surface area (Å²) in [4.78, 5) is 50.7. The maximum atomic E-state index is 14.4. The quantitative estimate of drug-likeness (QED) is 0.504. The predicted molar refractivity (Wildman–Crippen MR) is 156 cm³/mol. The van der Waals surface area contributed by atoms with Crippen molar-refractivity contribution >= 4 is 34.2 Å². The van der Waals surface area contributed by atoms with E-state index in [4.69, 9.17) is 4.74 Å². The fraction of sp³-hybridized carbons (Fsp3) is 0.594. The van der Waals surface area contributed by atoms with Crippen LogP contribution in [0.25, 0.3) is 16.5 Å². The number of ether oxygens (including phenoxy) is 1. The molecule has 1 aromatic carbocycles. The van der Waals surface area contributed by atoms with Crippen molar-refractivity contribution in [1.82, 2.24) is 25.0 Å². The Morgan fingerprint density at radius 3 is 2.76 bits per heavy atom. The van der Waals surface area contributed by atoms with Gasteiger partial charge in [0.1, 0.15) is 12.1 Å². The van der Waals surface area contributed by atoms with Crippen molar-refractivity contribution < 1.29 is 24.2 Å². The Balaban J connectivity index is 1.24. The first-order valence-electron chi connectivity index (χ1n) is 15.4. The number of carbonyl (C=O) groups is 3. The molecule has 5 aliphatic rings. The second-order valence-corrected chi connectivity index (χ2v) is 13.6. The van der Waals surface area contributed by atoms with E-state index in [1.807, 2.05) is 46.9 Å². The van der Waals surface area contributed by atoms with E-state index in [-0.39, 0.29) is 23.8 Å². The normalized spacial score (nSPS) is 34.2. The maximum Gasteiger partial charge on any atom is 0.281 e. The van der Waals surface area contributed by atoms with Crippen molar-refractivity contribution in [3.63, 3.8) is 0 Å². The summed E-state index contributed by atoms with van der Waals surface area (Å²) in [5.41, 5.74) is 2.79. The SMILES string of the molecule is CC(C)C[C@@H]1C(=O)N2CCC[C@H]2[C@]2(O)O[C@](NC(=O)[C@@H]3C=C4c5cccc6[nH]cc(c56)C[C@@H]4N(C)C3)(C(C)C)C(=O)N12. The molecule has 0 bridgehead atoms. The second kappa shape index (κ2) is 9.39. The van der Waals surface area contributed by atoms with Gasteiger partial charge < -0.3 is 20.3 Å². The van der Waals surface area contributed by atoms with Crippen LogP contribution in [0.15, 0.2) is 30.5 Å². The lowest BCUT2D eigenvalue weighted by Crippen LogP contribution is -2.71. The van der Waals surface area contributed by atoms with E-state index in [0.717, 1.165) is 29.5 Å². The summed E-state index contributed by atoms with van der Waals surface area (Å²) in [5.74, 6) is -3.97. The number of carbonyl (C=O) groups excluding carboxylic acids is 3. The molecule has 3 amide bonds. The molecule has 0 saturated carbocycles. The van der Waals surface area contributed by atoms with Crippen molar-refractivity contribution in [3.05, 3.63) is 41.6 Å². The third-order valence-corrected chi connectivity index (χ3v) is 10.2. The molecular formula is C32H41N5O5. The number of likely N-dealkylation sites (N-methyl/N-ethyl adjacent to an activating group) is 1. The maximum absolute atomic E-state index is 14.4. The monoisotopic (exact) mass is 575 g/mol. The Labute approximate surface area is 246 Å². The molecule has 5 heterocycles. The van der Waals surface area contributed by atoms with E-state index in [1.165, 1.54) is 15.8 Å². The summed E-state index contributed by atoms with van der Waals surface area (Å²) in [5, 5.41) is 16.3. The number of hydrogen-bond donors (Lipinski definition) is 3. The van der Waals surface area contributed by atoms with Gasteiger partial charge in [0.15, 0.2) is 0 Å². The molecule has 4 aliphatic heterocycles. The van der Waals surface area contributed by atoms with E-state index in [1.54, 1.807) is 4.90 Å². The minimum atomic E-state index is -2.00. The molecule has 0 spiro atoms. The average molecular weight is 576 g/mol. The molecule has 42 heavy (non-hydrogen) atoms. The summed E-state index contributed by atoms with van der Waals surface area (Å²) in [6.07, 6.45) is 6.62. The third-order valence-electron chi connectivity index (χ3n) is 10.2. The molecule has 2 aromatic rings. The summed E-state index contributed by atoms with van der Waals surface area (Å²) in [7, 11) is 2.03. The van der Waals surface area contributed by atoms with Crippen LogP contribution in [0.3, 0.4) is 0 Å². The van der Waals surface area contributed by atoms with Gasteiger partial charge in [-0.15, -0.1) is 0 Å². The number of fused-ring (bicyclic) bond motifs is 5. The van der Waals surface area contributed by atoms with E-state index in [9.17, 15) is 19.5 Å². The standard InChI is InChI=1S/C32H41N5O5/c1-17(2)12-25-29(39)36-11-7-10-26(36)32(41)37(25)30(40)31(42-32,18(3)4)34-28(38)20-13-22-21-8-6-9-23-27(21)19(15-33-23)14-24(22)35(5)16-20/h6,8-9,13,15,17-18,20,24-26,33,41H,7,10-12,14,16H2,1-5H3,(H,34,38)/t20-,24+,25-,26+,31-,32+/m1/s1. The number of nitrogens with one attached hydrogen (secondary N) is 2. The number of nitrogens with zero attached hydrogens (tertiary/aromatic N) is 3. The molecule has 1 aliphatic carbocycles. The predicted octanol–water partition coefficient (Wildman–Crippen LogP) is 2.43. The Morgan fingerprint density at radius 2 is 2.02 bits per heavy atom. The summed E-state index contributed by atoms with van der Waals surface area (Å²) in [6.45, 7) is 8.60. The summed E-state index contributed by atoms with van der Waals surface area (Å²) < 4.78 is 6.43. The first-order chi connectivity index (χ1) is 20.0. The molecule has 0 radical (unpaired) electrons. The van der Waals surface area contributed by atoms with Crippen molar-refractivity contribution in [3.8, 4) is 0 Å². The van der Waals surface area contributed by atoms with Crippen LogP contribution < -0.4 is 5.32 Å². The van der Waals surface area contributed by atoms with Gasteiger partial charge in [0.25, 0.3) is 11.8 Å². The molecule has 0 unspecified atom stereocenters. The molecular weight excluding hydrogens is 534 g/mol. The van der Waals surface area contributed by atoms with Crippen LogP contribution >= 0.6 is 0 Å². The third kappa shape index (κ3) is 3.70. The van der Waals surface area contributed by atoms with E-state index >= 15 is 0 Å². The number of aromatic amines is 1. The van der Waals surface area contributed by atoms with Crippen LogP contribution in [0.5, 0.6) is 0 Å². The van der Waals surface area contributed by atoms with Crippen LogP contribution in [0.1, 0.15) is 58.1 Å². The molecule has 3 N–H and O–H groups in total. The van der Waals surface area contributed by atoms with Gasteiger partial charge in [-0.05, 0) is 61.4 Å². The molecule has 10 heteroatoms. The molecule has 10 nitrogen and oxygen atoms in total. The molecule has 224 valence electrons. The van der Waals surface area contributed by atoms with Gasteiger partial charge in [-0.1, -0.05) is 45.9 Å². The number of H-pyrrole nitrogens is 1. The first-order valence-corrected chi connectivity index (χ1v) is 15.4. The second-order valence-electron chi connectivity index (χ2n) is 13.6. The summed E-state index contributed by atoms with van der Waals surface area (Å²) in [6, 6.07) is 4.84. The van der Waals surface area contributed by atoms with E-state index in [2.05, 4.69) is 33.5 Å². The number of hydrogen-bond acceptors (Lipinski definition) is 6. The highest BCUT2D eigenvalue weighted by Gasteiger charge is 2.72. The molecule has 6 atom stereocenters. The molecule has 1 aromatic heterocycles. The average Bonchev–Trinajstić information content (AvgIpc) is 3.65. The van der Waals surface area contributed by atoms with E-state index < -0.39 is 41.5 Å². The van der Waals surface area contributed by atoms with Crippen molar-refractivity contribution in [1.29, 1.82) is 0 Å². The highest BCUT2D eigenvalue weighted by Crippen LogP contribution is 2.48. The highest BCUT2D eigenvalue weighted by molar-refractivity contribution is 6.01. The van der Waals surface area contributed by atoms with Crippen LogP contribution in [0, 0.1) is 17.8 Å². The van der Waals surface area contributed by atoms with Crippen LogP contribution in [-0.2, 0) is 25.5 Å². The number of aliphatic hydroxyl groups is 1. The largest absolute Gasteiger partial charge is 0.361 e. The minimum absolute atomic E-state index is 0.108. The highest BCUT2D eigenvalue weighted by atomic mass is 16.7. The van der Waals surface area contributed by atoms with Crippen molar-refractivity contribution in [2.45, 2.75) is 83.1 Å². The zero-order valence-electron chi connectivity index (χ0n) is 25.0. The van der Waals surface area contributed by atoms with Crippen LogP contribution in [-0.4, -0.2) is 92.4 Å². The zero-order chi connectivity index (χ0) is 29.7. The first kappa shape index (κ1) is 27.6. The number of rotatable bonds is 5. The van der Waals surface area contributed by atoms with Gasteiger partial charge in [-0.25, -0.2) is 0 Å². The van der Waals surface area contributed by atoms with Gasteiger partial charge in [-0.2, -0.15) is 0 Å².